The van der Waals surface area contributed by atoms with Crippen molar-refractivity contribution in [3.63, 3.8) is 0 Å². The molecule has 0 spiro atoms. The van der Waals surface area contributed by atoms with Crippen molar-refractivity contribution in [1.82, 2.24) is 15.1 Å². The van der Waals surface area contributed by atoms with Gasteiger partial charge in [-0.3, -0.25) is 4.79 Å². The molecule has 134 valence electrons. The van der Waals surface area contributed by atoms with E-state index in [1.807, 2.05) is 41.8 Å². The maximum absolute atomic E-state index is 12.6. The molecule has 0 unspecified atom stereocenters. The lowest BCUT2D eigenvalue weighted by Crippen LogP contribution is -2.49. The van der Waals surface area contributed by atoms with Crippen LogP contribution in [-0.2, 0) is 11.2 Å². The van der Waals surface area contributed by atoms with Crippen molar-refractivity contribution in [2.45, 2.75) is 20.3 Å². The zero-order chi connectivity index (χ0) is 18.7. The van der Waals surface area contributed by atoms with Gasteiger partial charge in [0.2, 0.25) is 5.91 Å². The number of piperazine rings is 1. The van der Waals surface area contributed by atoms with Gasteiger partial charge in [-0.1, -0.05) is 29.8 Å². The molecule has 26 heavy (non-hydrogen) atoms. The Morgan fingerprint density at radius 2 is 1.88 bits per heavy atom. The summed E-state index contributed by atoms with van der Waals surface area (Å²) in [6.07, 6.45) is 0.298. The van der Waals surface area contributed by atoms with E-state index < -0.39 is 0 Å². The van der Waals surface area contributed by atoms with Crippen molar-refractivity contribution < 1.29 is 4.79 Å². The molecule has 1 aliphatic heterocycles. The van der Waals surface area contributed by atoms with Gasteiger partial charge in [-0.2, -0.15) is 10.4 Å². The Morgan fingerprint density at radius 1 is 1.19 bits per heavy atom. The van der Waals surface area contributed by atoms with Crippen molar-refractivity contribution in [3.8, 4) is 6.07 Å². The first-order chi connectivity index (χ1) is 12.5. The number of nitriles is 1. The maximum Gasteiger partial charge on any atom is 0.227 e. The van der Waals surface area contributed by atoms with E-state index >= 15 is 0 Å². The highest BCUT2D eigenvalue weighted by Crippen LogP contribution is 2.23. The summed E-state index contributed by atoms with van der Waals surface area (Å²) in [4.78, 5) is 16.4. The summed E-state index contributed by atoms with van der Waals surface area (Å²) >= 11 is 6.15. The average molecular weight is 370 g/mol. The van der Waals surface area contributed by atoms with Crippen LogP contribution in [-0.4, -0.2) is 47.2 Å². The molecule has 3 rings (SSSR count). The second kappa shape index (κ2) is 7.71. The molecule has 0 atom stereocenters. The topological polar surface area (TPSA) is 73.1 Å². The molecular weight excluding hydrogens is 350 g/mol. The van der Waals surface area contributed by atoms with Crippen molar-refractivity contribution in [1.29, 1.82) is 5.26 Å². The van der Waals surface area contributed by atoms with Crippen LogP contribution in [0.4, 0.5) is 5.82 Å². The van der Waals surface area contributed by atoms with Gasteiger partial charge in [0.1, 0.15) is 11.6 Å². The molecule has 1 amide bonds. The third-order valence-corrected chi connectivity index (χ3v) is 5.15. The van der Waals surface area contributed by atoms with E-state index in [-0.39, 0.29) is 5.91 Å². The number of carbonyl (C=O) groups is 1. The monoisotopic (exact) mass is 369 g/mol. The van der Waals surface area contributed by atoms with E-state index in [0.29, 0.717) is 49.0 Å². The summed E-state index contributed by atoms with van der Waals surface area (Å²) < 4.78 is 0. The molecule has 1 aromatic carbocycles. The van der Waals surface area contributed by atoms with Crippen LogP contribution in [0.1, 0.15) is 22.4 Å². The van der Waals surface area contributed by atoms with Gasteiger partial charge >= 0.3 is 0 Å². The van der Waals surface area contributed by atoms with Crippen LogP contribution in [0.5, 0.6) is 0 Å². The molecule has 1 saturated heterocycles. The number of aryl methyl sites for hydroxylation is 1. The summed E-state index contributed by atoms with van der Waals surface area (Å²) in [5.41, 5.74) is 3.02. The summed E-state index contributed by atoms with van der Waals surface area (Å²) in [7, 11) is 0. The first-order valence-corrected chi connectivity index (χ1v) is 8.89. The van der Waals surface area contributed by atoms with Gasteiger partial charge in [0.25, 0.3) is 0 Å². The van der Waals surface area contributed by atoms with Gasteiger partial charge < -0.3 is 9.80 Å². The fourth-order valence-corrected chi connectivity index (χ4v) is 3.24. The molecule has 1 aliphatic rings. The number of carbonyl (C=O) groups excluding carboxylic acids is 1. The van der Waals surface area contributed by atoms with Crippen molar-refractivity contribution in [2.75, 3.05) is 31.1 Å². The molecule has 0 bridgehead atoms. The van der Waals surface area contributed by atoms with Crippen LogP contribution in [0.25, 0.3) is 0 Å². The standard InChI is InChI=1S/C19H20ClN5O/c1-13-14(2)22-23-19(16(13)12-21)25-9-7-24(8-10-25)18(26)11-15-5-3-4-6-17(15)20/h3-6H,7-11H2,1-2H3. The molecule has 0 radical (unpaired) electrons. The second-order valence-corrected chi connectivity index (χ2v) is 6.76. The minimum atomic E-state index is 0.0597. The van der Waals surface area contributed by atoms with E-state index in [1.54, 1.807) is 6.07 Å². The van der Waals surface area contributed by atoms with Crippen molar-refractivity contribution in [2.24, 2.45) is 0 Å². The van der Waals surface area contributed by atoms with Crippen molar-refractivity contribution in [3.05, 3.63) is 51.7 Å². The Balaban J connectivity index is 1.67. The molecule has 1 aromatic heterocycles. The summed E-state index contributed by atoms with van der Waals surface area (Å²) in [6.45, 7) is 6.15. The first kappa shape index (κ1) is 18.2. The van der Waals surface area contributed by atoms with Gasteiger partial charge in [0.15, 0.2) is 5.82 Å². The van der Waals surface area contributed by atoms with E-state index in [2.05, 4.69) is 16.3 Å². The lowest BCUT2D eigenvalue weighted by atomic mass is 10.1. The van der Waals surface area contributed by atoms with Gasteiger partial charge in [-0.15, -0.1) is 5.10 Å². The average Bonchev–Trinajstić information content (AvgIpc) is 2.66. The van der Waals surface area contributed by atoms with Gasteiger partial charge in [0.05, 0.1) is 12.1 Å². The van der Waals surface area contributed by atoms with Crippen LogP contribution in [0, 0.1) is 25.2 Å². The minimum Gasteiger partial charge on any atom is -0.350 e. The number of aromatic nitrogens is 2. The van der Waals surface area contributed by atoms with Gasteiger partial charge in [0, 0.05) is 31.2 Å². The highest BCUT2D eigenvalue weighted by atomic mass is 35.5. The number of nitrogens with zero attached hydrogens (tertiary/aromatic N) is 5. The predicted molar refractivity (Wildman–Crippen MR) is 100 cm³/mol. The third-order valence-electron chi connectivity index (χ3n) is 4.78. The molecule has 6 nitrogen and oxygen atoms in total. The summed E-state index contributed by atoms with van der Waals surface area (Å²) in [5.74, 6) is 0.665. The lowest BCUT2D eigenvalue weighted by Gasteiger charge is -2.35. The molecule has 0 N–H and O–H groups in total. The minimum absolute atomic E-state index is 0.0597. The number of anilines is 1. The van der Waals surface area contributed by atoms with Crippen LogP contribution in [0.2, 0.25) is 5.02 Å². The summed E-state index contributed by atoms with van der Waals surface area (Å²) in [5, 5.41) is 18.4. The number of halogens is 1. The smallest absolute Gasteiger partial charge is 0.227 e. The zero-order valence-corrected chi connectivity index (χ0v) is 15.6. The Morgan fingerprint density at radius 3 is 2.54 bits per heavy atom. The SMILES string of the molecule is Cc1nnc(N2CCN(C(=O)Cc3ccccc3Cl)CC2)c(C#N)c1C. The second-order valence-electron chi connectivity index (χ2n) is 6.36. The van der Waals surface area contributed by atoms with E-state index in [1.165, 1.54) is 0 Å². The highest BCUT2D eigenvalue weighted by Gasteiger charge is 2.25. The van der Waals surface area contributed by atoms with Crippen LogP contribution >= 0.6 is 11.6 Å². The van der Waals surface area contributed by atoms with Crippen LogP contribution in [0.3, 0.4) is 0 Å². The third kappa shape index (κ3) is 3.63. The fraction of sp³-hybridized carbons (Fsp3) is 0.368. The lowest BCUT2D eigenvalue weighted by molar-refractivity contribution is -0.130. The van der Waals surface area contributed by atoms with Crippen LogP contribution < -0.4 is 4.90 Å². The molecule has 0 saturated carbocycles. The Labute approximate surface area is 158 Å². The zero-order valence-electron chi connectivity index (χ0n) is 14.9. The maximum atomic E-state index is 12.6. The summed E-state index contributed by atoms with van der Waals surface area (Å²) in [6, 6.07) is 9.64. The Bertz CT molecular complexity index is 869. The van der Waals surface area contributed by atoms with Crippen molar-refractivity contribution >= 4 is 23.3 Å². The van der Waals surface area contributed by atoms with E-state index in [9.17, 15) is 10.1 Å². The normalized spacial score (nSPS) is 14.2. The first-order valence-electron chi connectivity index (χ1n) is 8.51. The molecule has 1 fully saturated rings. The number of amides is 1. The number of hydrogen-bond donors (Lipinski definition) is 0. The number of hydrogen-bond acceptors (Lipinski definition) is 5. The molecule has 2 aromatic rings. The Kier molecular flexibility index (Phi) is 5.38. The van der Waals surface area contributed by atoms with E-state index in [4.69, 9.17) is 11.6 Å². The fourth-order valence-electron chi connectivity index (χ4n) is 3.04. The number of rotatable bonds is 3. The molecule has 7 heteroatoms. The van der Waals surface area contributed by atoms with Gasteiger partial charge in [-0.25, -0.2) is 0 Å². The largest absolute Gasteiger partial charge is 0.350 e. The molecular formula is C19H20ClN5O. The highest BCUT2D eigenvalue weighted by molar-refractivity contribution is 6.31. The van der Waals surface area contributed by atoms with Crippen LogP contribution in [0.15, 0.2) is 24.3 Å². The quantitative estimate of drug-likeness (QED) is 0.831. The Hall–Kier alpha value is -2.65. The molecule has 2 heterocycles. The molecule has 0 aliphatic carbocycles. The van der Waals surface area contributed by atoms with E-state index in [0.717, 1.165) is 16.8 Å². The number of benzene rings is 1. The predicted octanol–water partition coefficient (Wildman–Crippen LogP) is 2.51. The van der Waals surface area contributed by atoms with Gasteiger partial charge in [-0.05, 0) is 31.0 Å².